The Bertz CT molecular complexity index is 668. The minimum atomic E-state index is -0.104. The number of aryl methyl sites for hydroxylation is 1. The summed E-state index contributed by atoms with van der Waals surface area (Å²) < 4.78 is 7.42. The van der Waals surface area contributed by atoms with Crippen LogP contribution in [0.3, 0.4) is 0 Å². The van der Waals surface area contributed by atoms with Crippen LogP contribution in [0.2, 0.25) is 0 Å². The summed E-state index contributed by atoms with van der Waals surface area (Å²) in [5.41, 5.74) is 1.18. The molecule has 1 amide bonds. The van der Waals surface area contributed by atoms with Gasteiger partial charge >= 0.3 is 0 Å². The molecule has 24 heavy (non-hydrogen) atoms. The molecule has 0 saturated heterocycles. The number of carbonyl (C=O) groups excluding carboxylic acids is 1. The number of carbonyl (C=O) groups is 1. The highest BCUT2D eigenvalue weighted by Gasteiger charge is 2.18. The Kier molecular flexibility index (Phi) is 5.43. The molecule has 7 heteroatoms. The molecule has 1 aromatic carbocycles. The smallest absolute Gasteiger partial charge is 0.257 e. The van der Waals surface area contributed by atoms with Gasteiger partial charge in [-0.3, -0.25) is 4.79 Å². The van der Waals surface area contributed by atoms with Gasteiger partial charge in [0, 0.05) is 25.6 Å². The second-order valence-corrected chi connectivity index (χ2v) is 5.86. The first-order valence-corrected chi connectivity index (χ1v) is 8.33. The number of likely N-dealkylation sites (N-methyl/N-ethyl adjacent to an activating group) is 1. The zero-order valence-corrected chi connectivity index (χ0v) is 13.9. The third-order valence-corrected chi connectivity index (χ3v) is 4.07. The zero-order chi connectivity index (χ0) is 16.8. The molecule has 1 unspecified atom stereocenters. The zero-order valence-electron chi connectivity index (χ0n) is 13.9. The number of aromatic nitrogens is 3. The van der Waals surface area contributed by atoms with E-state index in [2.05, 4.69) is 20.7 Å². The Balaban J connectivity index is 1.44. The molecule has 1 aromatic heterocycles. The molecule has 1 aliphatic rings. The van der Waals surface area contributed by atoms with Crippen molar-refractivity contribution in [2.24, 2.45) is 0 Å². The summed E-state index contributed by atoms with van der Waals surface area (Å²) in [5, 5.41) is 10.5. The van der Waals surface area contributed by atoms with Gasteiger partial charge in [-0.1, -0.05) is 12.1 Å². The van der Waals surface area contributed by atoms with Gasteiger partial charge in [-0.15, -0.1) is 0 Å². The fourth-order valence-corrected chi connectivity index (χ4v) is 2.77. The Morgan fingerprint density at radius 1 is 1.38 bits per heavy atom. The average molecular weight is 329 g/mol. The third kappa shape index (κ3) is 4.32. The van der Waals surface area contributed by atoms with Crippen LogP contribution in [0.25, 0.3) is 0 Å². The van der Waals surface area contributed by atoms with Crippen LogP contribution < -0.4 is 15.4 Å². The lowest BCUT2D eigenvalue weighted by Gasteiger charge is -2.23. The van der Waals surface area contributed by atoms with Crippen LogP contribution >= 0.6 is 0 Å². The number of nitrogens with zero attached hydrogens (tertiary/aromatic N) is 3. The molecule has 2 heterocycles. The number of fused-ring (bicyclic) bond motifs is 1. The van der Waals surface area contributed by atoms with E-state index in [1.54, 1.807) is 6.33 Å². The average Bonchev–Trinajstić information content (AvgIpc) is 3.07. The highest BCUT2D eigenvalue weighted by Crippen LogP contribution is 2.14. The van der Waals surface area contributed by atoms with Crippen molar-refractivity contribution in [1.29, 1.82) is 0 Å². The summed E-state index contributed by atoms with van der Waals surface area (Å²) in [6, 6.07) is 8.24. The summed E-state index contributed by atoms with van der Waals surface area (Å²) >= 11 is 0. The lowest BCUT2D eigenvalue weighted by molar-refractivity contribution is -0.122. The van der Waals surface area contributed by atoms with Crippen molar-refractivity contribution in [3.05, 3.63) is 42.0 Å². The van der Waals surface area contributed by atoms with E-state index in [4.69, 9.17) is 4.74 Å². The summed E-state index contributed by atoms with van der Waals surface area (Å²) in [6.07, 6.45) is 3.66. The minimum Gasteiger partial charge on any atom is -0.484 e. The molecule has 0 fully saturated rings. The van der Waals surface area contributed by atoms with Crippen molar-refractivity contribution in [1.82, 2.24) is 25.4 Å². The monoisotopic (exact) mass is 329 g/mol. The van der Waals surface area contributed by atoms with E-state index in [1.165, 1.54) is 5.56 Å². The Hall–Kier alpha value is -2.41. The second-order valence-electron chi connectivity index (χ2n) is 5.86. The second kappa shape index (κ2) is 7.92. The molecule has 0 aliphatic carbocycles. The van der Waals surface area contributed by atoms with Crippen molar-refractivity contribution in [2.75, 3.05) is 13.2 Å². The van der Waals surface area contributed by atoms with Crippen molar-refractivity contribution in [3.8, 4) is 5.75 Å². The largest absolute Gasteiger partial charge is 0.484 e. The predicted octanol–water partition coefficient (Wildman–Crippen LogP) is 0.898. The van der Waals surface area contributed by atoms with E-state index in [0.717, 1.165) is 31.8 Å². The molecule has 0 bridgehead atoms. The van der Waals surface area contributed by atoms with E-state index >= 15 is 0 Å². The first kappa shape index (κ1) is 16.4. The normalized spacial score (nSPS) is 16.5. The van der Waals surface area contributed by atoms with E-state index in [1.807, 2.05) is 35.9 Å². The van der Waals surface area contributed by atoms with E-state index in [0.29, 0.717) is 18.3 Å². The van der Waals surface area contributed by atoms with Gasteiger partial charge in [0.15, 0.2) is 6.61 Å². The van der Waals surface area contributed by atoms with Gasteiger partial charge in [-0.05, 0) is 31.0 Å². The SMILES string of the molecule is CCNC(=O)COc1ccc(CNC2CCc3ncnn3C2)cc1. The summed E-state index contributed by atoms with van der Waals surface area (Å²) in [7, 11) is 0. The lowest BCUT2D eigenvalue weighted by Crippen LogP contribution is -2.37. The highest BCUT2D eigenvalue weighted by molar-refractivity contribution is 5.77. The predicted molar refractivity (Wildman–Crippen MR) is 89.6 cm³/mol. The Labute approximate surface area is 141 Å². The summed E-state index contributed by atoms with van der Waals surface area (Å²) in [6.45, 7) is 4.21. The van der Waals surface area contributed by atoms with Gasteiger partial charge in [0.2, 0.25) is 0 Å². The van der Waals surface area contributed by atoms with Crippen molar-refractivity contribution < 1.29 is 9.53 Å². The van der Waals surface area contributed by atoms with Crippen LogP contribution in [0.15, 0.2) is 30.6 Å². The van der Waals surface area contributed by atoms with Gasteiger partial charge in [0.25, 0.3) is 5.91 Å². The number of rotatable bonds is 7. The number of ether oxygens (including phenoxy) is 1. The lowest BCUT2D eigenvalue weighted by atomic mass is 10.1. The molecule has 1 atom stereocenters. The number of benzene rings is 1. The van der Waals surface area contributed by atoms with Crippen molar-refractivity contribution >= 4 is 5.91 Å². The molecule has 1 aliphatic heterocycles. The van der Waals surface area contributed by atoms with Gasteiger partial charge in [-0.2, -0.15) is 5.10 Å². The van der Waals surface area contributed by atoms with Crippen LogP contribution in [0, 0.1) is 0 Å². The van der Waals surface area contributed by atoms with E-state index < -0.39 is 0 Å². The fraction of sp³-hybridized carbons (Fsp3) is 0.471. The molecular formula is C17H23N5O2. The number of nitrogens with one attached hydrogen (secondary N) is 2. The molecule has 3 rings (SSSR count). The van der Waals surface area contributed by atoms with Crippen LogP contribution in [0.1, 0.15) is 24.7 Å². The molecule has 128 valence electrons. The number of hydrogen-bond donors (Lipinski definition) is 2. The van der Waals surface area contributed by atoms with Crippen LogP contribution in [-0.2, 0) is 24.3 Å². The maximum Gasteiger partial charge on any atom is 0.257 e. The van der Waals surface area contributed by atoms with Gasteiger partial charge in [-0.25, -0.2) is 9.67 Å². The van der Waals surface area contributed by atoms with Gasteiger partial charge < -0.3 is 15.4 Å². The Morgan fingerprint density at radius 2 is 2.21 bits per heavy atom. The number of amides is 1. The van der Waals surface area contributed by atoms with Gasteiger partial charge in [0.05, 0.1) is 6.54 Å². The van der Waals surface area contributed by atoms with Crippen molar-refractivity contribution in [3.63, 3.8) is 0 Å². The Morgan fingerprint density at radius 3 is 3.00 bits per heavy atom. The molecule has 7 nitrogen and oxygen atoms in total. The molecule has 2 aromatic rings. The fourth-order valence-electron chi connectivity index (χ4n) is 2.77. The molecule has 0 radical (unpaired) electrons. The van der Waals surface area contributed by atoms with E-state index in [9.17, 15) is 4.79 Å². The summed E-state index contributed by atoms with van der Waals surface area (Å²) in [5.74, 6) is 1.67. The molecule has 0 saturated carbocycles. The van der Waals surface area contributed by atoms with E-state index in [-0.39, 0.29) is 12.5 Å². The molecule has 2 N–H and O–H groups in total. The minimum absolute atomic E-state index is 0.0494. The van der Waals surface area contributed by atoms with Crippen LogP contribution in [-0.4, -0.2) is 39.9 Å². The van der Waals surface area contributed by atoms with Crippen molar-refractivity contribution in [2.45, 2.75) is 38.9 Å². The standard InChI is InChI=1S/C17H23N5O2/c1-2-18-17(23)11-24-15-6-3-13(4-7-15)9-19-14-5-8-16-20-12-21-22(16)10-14/h3-4,6-7,12,14,19H,2,5,8-11H2,1H3,(H,18,23). The maximum absolute atomic E-state index is 11.4. The number of hydrogen-bond acceptors (Lipinski definition) is 5. The topological polar surface area (TPSA) is 81.1 Å². The van der Waals surface area contributed by atoms with Gasteiger partial charge in [0.1, 0.15) is 17.9 Å². The quantitative estimate of drug-likeness (QED) is 0.789. The highest BCUT2D eigenvalue weighted by atomic mass is 16.5. The third-order valence-electron chi connectivity index (χ3n) is 4.07. The van der Waals surface area contributed by atoms with Crippen LogP contribution in [0.4, 0.5) is 0 Å². The molecular weight excluding hydrogens is 306 g/mol. The molecule has 0 spiro atoms. The summed E-state index contributed by atoms with van der Waals surface area (Å²) in [4.78, 5) is 15.6. The van der Waals surface area contributed by atoms with Crippen LogP contribution in [0.5, 0.6) is 5.75 Å². The maximum atomic E-state index is 11.4. The first-order chi connectivity index (χ1) is 11.7. The first-order valence-electron chi connectivity index (χ1n) is 8.33.